The van der Waals surface area contributed by atoms with Crippen LogP contribution in [0.25, 0.3) is 0 Å². The number of halogens is 3. The fourth-order valence-electron chi connectivity index (χ4n) is 1.91. The Labute approximate surface area is 120 Å². The van der Waals surface area contributed by atoms with Gasteiger partial charge in [-0.3, -0.25) is 15.0 Å². The van der Waals surface area contributed by atoms with E-state index in [-0.39, 0.29) is 12.2 Å². The van der Waals surface area contributed by atoms with E-state index in [1.165, 1.54) is 25.2 Å². The van der Waals surface area contributed by atoms with Gasteiger partial charge in [-0.05, 0) is 25.1 Å². The molecule has 0 amide bonds. The second-order valence-corrected chi connectivity index (χ2v) is 4.81. The Balaban J connectivity index is 2.94. The fourth-order valence-corrected chi connectivity index (χ4v) is 1.91. The molecular weight excluding hydrogens is 287 g/mol. The van der Waals surface area contributed by atoms with Crippen LogP contribution in [0.1, 0.15) is 18.9 Å². The molecule has 1 rings (SSSR count). The Morgan fingerprint density at radius 1 is 1.38 bits per heavy atom. The monoisotopic (exact) mass is 305 g/mol. The highest BCUT2D eigenvalue weighted by Gasteiger charge is 2.29. The third-order valence-electron chi connectivity index (χ3n) is 2.75. The van der Waals surface area contributed by atoms with Crippen LogP contribution in [0.4, 0.5) is 24.5 Å². The first-order valence-corrected chi connectivity index (χ1v) is 6.49. The number of nitro groups is 1. The van der Waals surface area contributed by atoms with Gasteiger partial charge in [0.1, 0.15) is 0 Å². The predicted molar refractivity (Wildman–Crippen MR) is 74.3 cm³/mol. The van der Waals surface area contributed by atoms with Crippen LogP contribution in [-0.4, -0.2) is 36.1 Å². The molecule has 0 heterocycles. The lowest BCUT2D eigenvalue weighted by molar-refractivity contribution is -0.384. The summed E-state index contributed by atoms with van der Waals surface area (Å²) in [5, 5.41) is 13.9. The zero-order chi connectivity index (χ0) is 16.0. The second-order valence-electron chi connectivity index (χ2n) is 4.81. The van der Waals surface area contributed by atoms with Gasteiger partial charge in [0.2, 0.25) is 0 Å². The van der Waals surface area contributed by atoms with Crippen molar-refractivity contribution in [2.45, 2.75) is 26.1 Å². The molecule has 1 N–H and O–H groups in total. The number of hydrogen-bond acceptors (Lipinski definition) is 4. The maximum atomic E-state index is 12.4. The lowest BCUT2D eigenvalue weighted by Crippen LogP contribution is -2.30. The summed E-state index contributed by atoms with van der Waals surface area (Å²) in [5.74, 6) is 0. The molecule has 0 aliphatic heterocycles. The standard InChI is InChI=1S/C13H18F3N3O2/c1-3-6-17-12-5-4-11(19(20)21)7-10(12)8-18(2)9-13(14,15)16/h4-5,7,17H,3,6,8-9H2,1-2H3. The van der Waals surface area contributed by atoms with E-state index >= 15 is 0 Å². The highest BCUT2D eigenvalue weighted by Crippen LogP contribution is 2.25. The Hall–Kier alpha value is -1.83. The van der Waals surface area contributed by atoms with Gasteiger partial charge in [0.05, 0.1) is 11.5 Å². The Morgan fingerprint density at radius 3 is 2.57 bits per heavy atom. The molecule has 0 fully saturated rings. The number of non-ortho nitro benzene ring substituents is 1. The summed E-state index contributed by atoms with van der Waals surface area (Å²) in [6.07, 6.45) is -3.46. The van der Waals surface area contributed by atoms with E-state index in [0.29, 0.717) is 17.8 Å². The third-order valence-corrected chi connectivity index (χ3v) is 2.75. The maximum Gasteiger partial charge on any atom is 0.401 e. The molecule has 0 saturated heterocycles. The fraction of sp³-hybridized carbons (Fsp3) is 0.538. The number of benzene rings is 1. The summed E-state index contributed by atoms with van der Waals surface area (Å²) in [7, 11) is 1.33. The van der Waals surface area contributed by atoms with Gasteiger partial charge < -0.3 is 5.32 Å². The van der Waals surface area contributed by atoms with Crippen molar-refractivity contribution in [3.63, 3.8) is 0 Å². The van der Waals surface area contributed by atoms with Crippen LogP contribution in [0.3, 0.4) is 0 Å². The molecule has 0 aliphatic carbocycles. The minimum absolute atomic E-state index is 0.0206. The third kappa shape index (κ3) is 5.99. The van der Waals surface area contributed by atoms with Gasteiger partial charge in [-0.1, -0.05) is 6.92 Å². The normalized spacial score (nSPS) is 11.7. The van der Waals surface area contributed by atoms with Crippen LogP contribution in [0.5, 0.6) is 0 Å². The van der Waals surface area contributed by atoms with Gasteiger partial charge in [-0.2, -0.15) is 13.2 Å². The van der Waals surface area contributed by atoms with Crippen LogP contribution in [0, 0.1) is 10.1 Å². The average Bonchev–Trinajstić information content (AvgIpc) is 2.34. The first-order chi connectivity index (χ1) is 9.73. The van der Waals surface area contributed by atoms with Crippen molar-refractivity contribution in [1.82, 2.24) is 4.90 Å². The molecule has 118 valence electrons. The molecule has 0 unspecified atom stereocenters. The van der Waals surface area contributed by atoms with Crippen molar-refractivity contribution in [2.24, 2.45) is 0 Å². The summed E-state index contributed by atoms with van der Waals surface area (Å²) in [4.78, 5) is 11.3. The van der Waals surface area contributed by atoms with Crippen LogP contribution < -0.4 is 5.32 Å². The largest absolute Gasteiger partial charge is 0.401 e. The van der Waals surface area contributed by atoms with E-state index < -0.39 is 17.6 Å². The van der Waals surface area contributed by atoms with E-state index in [1.54, 1.807) is 0 Å². The van der Waals surface area contributed by atoms with Gasteiger partial charge in [0.15, 0.2) is 0 Å². The van der Waals surface area contributed by atoms with Crippen molar-refractivity contribution in [1.29, 1.82) is 0 Å². The van der Waals surface area contributed by atoms with Crippen LogP contribution in [0.2, 0.25) is 0 Å². The van der Waals surface area contributed by atoms with Crippen molar-refractivity contribution in [3.8, 4) is 0 Å². The summed E-state index contributed by atoms with van der Waals surface area (Å²) < 4.78 is 37.1. The molecule has 1 aromatic carbocycles. The molecule has 5 nitrogen and oxygen atoms in total. The predicted octanol–water partition coefficient (Wildman–Crippen LogP) is 3.41. The number of nitro benzene ring substituents is 1. The molecule has 0 saturated carbocycles. The van der Waals surface area contributed by atoms with Gasteiger partial charge in [0.25, 0.3) is 5.69 Å². The Bertz CT molecular complexity index is 492. The molecule has 8 heteroatoms. The van der Waals surface area contributed by atoms with Crippen LogP contribution >= 0.6 is 0 Å². The summed E-state index contributed by atoms with van der Waals surface area (Å²) in [6, 6.07) is 4.18. The lowest BCUT2D eigenvalue weighted by Gasteiger charge is -2.20. The molecule has 0 spiro atoms. The van der Waals surface area contributed by atoms with E-state index in [2.05, 4.69) is 5.32 Å². The minimum atomic E-state index is -4.30. The average molecular weight is 305 g/mol. The van der Waals surface area contributed by atoms with Crippen molar-refractivity contribution in [3.05, 3.63) is 33.9 Å². The van der Waals surface area contributed by atoms with E-state index in [9.17, 15) is 23.3 Å². The summed E-state index contributed by atoms with van der Waals surface area (Å²) >= 11 is 0. The van der Waals surface area contributed by atoms with Crippen LogP contribution in [-0.2, 0) is 6.54 Å². The van der Waals surface area contributed by atoms with Gasteiger partial charge in [-0.25, -0.2) is 0 Å². The number of rotatable bonds is 7. The number of hydrogen-bond donors (Lipinski definition) is 1. The van der Waals surface area contributed by atoms with E-state index in [0.717, 1.165) is 11.3 Å². The SMILES string of the molecule is CCCNc1ccc([N+](=O)[O-])cc1CN(C)CC(F)(F)F. The molecular formula is C13H18F3N3O2. The lowest BCUT2D eigenvalue weighted by atomic mass is 10.1. The second kappa shape index (κ2) is 7.26. The highest BCUT2D eigenvalue weighted by molar-refractivity contribution is 5.56. The first-order valence-electron chi connectivity index (χ1n) is 6.49. The molecule has 0 aromatic heterocycles. The topological polar surface area (TPSA) is 58.4 Å². The Kier molecular flexibility index (Phi) is 5.95. The zero-order valence-electron chi connectivity index (χ0n) is 11.9. The molecule has 0 bridgehead atoms. The smallest absolute Gasteiger partial charge is 0.385 e. The molecule has 1 aromatic rings. The van der Waals surface area contributed by atoms with E-state index in [4.69, 9.17) is 0 Å². The minimum Gasteiger partial charge on any atom is -0.385 e. The highest BCUT2D eigenvalue weighted by atomic mass is 19.4. The Morgan fingerprint density at radius 2 is 2.05 bits per heavy atom. The zero-order valence-corrected chi connectivity index (χ0v) is 11.9. The van der Waals surface area contributed by atoms with Gasteiger partial charge in [-0.15, -0.1) is 0 Å². The van der Waals surface area contributed by atoms with Crippen molar-refractivity contribution in [2.75, 3.05) is 25.5 Å². The van der Waals surface area contributed by atoms with Gasteiger partial charge in [0, 0.05) is 30.9 Å². The molecule has 0 radical (unpaired) electrons. The van der Waals surface area contributed by atoms with Gasteiger partial charge >= 0.3 is 6.18 Å². The van der Waals surface area contributed by atoms with Crippen molar-refractivity contribution >= 4 is 11.4 Å². The summed E-state index contributed by atoms with van der Waals surface area (Å²) in [5.41, 5.74) is 0.966. The number of nitrogens with zero attached hydrogens (tertiary/aromatic N) is 2. The quantitative estimate of drug-likeness (QED) is 0.619. The first kappa shape index (κ1) is 17.2. The maximum absolute atomic E-state index is 12.4. The van der Waals surface area contributed by atoms with Crippen LogP contribution in [0.15, 0.2) is 18.2 Å². The molecule has 0 atom stereocenters. The number of nitrogens with one attached hydrogen (secondary N) is 1. The number of alkyl halides is 3. The van der Waals surface area contributed by atoms with E-state index in [1.807, 2.05) is 6.92 Å². The molecule has 21 heavy (non-hydrogen) atoms. The summed E-state index contributed by atoms with van der Waals surface area (Å²) in [6.45, 7) is 1.51. The molecule has 0 aliphatic rings. The van der Waals surface area contributed by atoms with Crippen molar-refractivity contribution < 1.29 is 18.1 Å². The number of anilines is 1.